The molecule has 0 radical (unpaired) electrons. The molecule has 0 aliphatic heterocycles. The van der Waals surface area contributed by atoms with Crippen LogP contribution in [0.1, 0.15) is 13.8 Å². The third-order valence-corrected chi connectivity index (χ3v) is 2.33. The summed E-state index contributed by atoms with van der Waals surface area (Å²) in [5, 5.41) is 3.09. The first kappa shape index (κ1) is 13.1. The van der Waals surface area contributed by atoms with Gasteiger partial charge >= 0.3 is 0 Å². The summed E-state index contributed by atoms with van der Waals surface area (Å²) in [6, 6.07) is 7.49. The van der Waals surface area contributed by atoms with Crippen molar-refractivity contribution in [3.05, 3.63) is 36.7 Å². The minimum atomic E-state index is 0.436. The molecule has 0 fully saturated rings. The van der Waals surface area contributed by atoms with Crippen LogP contribution in [0.5, 0.6) is 17.4 Å². The Morgan fingerprint density at radius 1 is 1.11 bits per heavy atom. The largest absolute Gasteiger partial charge is 0.490 e. The van der Waals surface area contributed by atoms with Gasteiger partial charge in [-0.05, 0) is 26.0 Å². The maximum atomic E-state index is 5.71. The Hall–Kier alpha value is -2.30. The van der Waals surface area contributed by atoms with Gasteiger partial charge in [0.05, 0.1) is 19.0 Å². The van der Waals surface area contributed by atoms with E-state index < -0.39 is 0 Å². The van der Waals surface area contributed by atoms with Crippen molar-refractivity contribution >= 4 is 5.82 Å². The van der Waals surface area contributed by atoms with Crippen LogP contribution in [0.15, 0.2) is 36.7 Å². The Bertz CT molecular complexity index is 532. The molecule has 2 rings (SSSR count). The molecule has 1 aromatic heterocycles. The van der Waals surface area contributed by atoms with Crippen LogP contribution in [0.3, 0.4) is 0 Å². The Morgan fingerprint density at radius 3 is 2.63 bits per heavy atom. The van der Waals surface area contributed by atoms with Gasteiger partial charge in [0.1, 0.15) is 5.82 Å². The lowest BCUT2D eigenvalue weighted by molar-refractivity contribution is 0.319. The zero-order chi connectivity index (χ0) is 13.5. The molecule has 0 saturated heterocycles. The van der Waals surface area contributed by atoms with Gasteiger partial charge in [0.25, 0.3) is 0 Å². The number of hydrogen-bond acceptors (Lipinski definition) is 5. The predicted molar refractivity (Wildman–Crippen MR) is 73.9 cm³/mol. The molecule has 1 N–H and O–H groups in total. The molecule has 5 heteroatoms. The first-order valence-electron chi connectivity index (χ1n) is 6.29. The van der Waals surface area contributed by atoms with Gasteiger partial charge in [-0.1, -0.05) is 12.1 Å². The molecule has 2 aromatic rings. The molecular weight excluding hydrogens is 242 g/mol. The van der Waals surface area contributed by atoms with E-state index in [1.165, 1.54) is 0 Å². The molecule has 0 bridgehead atoms. The van der Waals surface area contributed by atoms with Gasteiger partial charge in [-0.25, -0.2) is 0 Å². The van der Waals surface area contributed by atoms with Crippen LogP contribution < -0.4 is 14.8 Å². The molecule has 5 nitrogen and oxygen atoms in total. The Morgan fingerprint density at radius 2 is 1.89 bits per heavy atom. The van der Waals surface area contributed by atoms with Gasteiger partial charge < -0.3 is 14.8 Å². The molecule has 0 aliphatic carbocycles. The highest BCUT2D eigenvalue weighted by molar-refractivity contribution is 5.42. The normalized spacial score (nSPS) is 10.0. The third-order valence-electron chi connectivity index (χ3n) is 2.33. The smallest absolute Gasteiger partial charge is 0.240 e. The lowest BCUT2D eigenvalue weighted by Crippen LogP contribution is -2.01. The Labute approximate surface area is 112 Å². The van der Waals surface area contributed by atoms with Crippen LogP contribution in [0.2, 0.25) is 0 Å². The molecule has 1 heterocycles. The van der Waals surface area contributed by atoms with E-state index in [9.17, 15) is 0 Å². The molecule has 0 amide bonds. The van der Waals surface area contributed by atoms with Crippen molar-refractivity contribution < 1.29 is 9.47 Å². The Balaban J connectivity index is 2.18. The number of para-hydroxylation sites is 2. The third kappa shape index (κ3) is 3.58. The SMILES string of the molecule is CCNc1cncc(Oc2ccccc2OCC)n1. The first-order chi connectivity index (χ1) is 9.33. The van der Waals surface area contributed by atoms with Crippen molar-refractivity contribution in [3.63, 3.8) is 0 Å². The molecule has 0 aliphatic rings. The highest BCUT2D eigenvalue weighted by Gasteiger charge is 2.06. The van der Waals surface area contributed by atoms with E-state index in [4.69, 9.17) is 9.47 Å². The summed E-state index contributed by atoms with van der Waals surface area (Å²) in [5.74, 6) is 2.45. The monoisotopic (exact) mass is 259 g/mol. The summed E-state index contributed by atoms with van der Waals surface area (Å²) < 4.78 is 11.2. The zero-order valence-corrected chi connectivity index (χ0v) is 11.1. The van der Waals surface area contributed by atoms with E-state index in [1.54, 1.807) is 12.4 Å². The molecule has 100 valence electrons. The minimum absolute atomic E-state index is 0.436. The summed E-state index contributed by atoms with van der Waals surface area (Å²) in [6.45, 7) is 5.30. The van der Waals surface area contributed by atoms with Crippen molar-refractivity contribution in [2.24, 2.45) is 0 Å². The highest BCUT2D eigenvalue weighted by Crippen LogP contribution is 2.30. The molecular formula is C14H17N3O2. The summed E-state index contributed by atoms with van der Waals surface area (Å²) in [7, 11) is 0. The fourth-order valence-electron chi connectivity index (χ4n) is 1.59. The average molecular weight is 259 g/mol. The maximum Gasteiger partial charge on any atom is 0.240 e. The van der Waals surface area contributed by atoms with E-state index in [0.717, 1.165) is 6.54 Å². The van der Waals surface area contributed by atoms with E-state index in [0.29, 0.717) is 29.8 Å². The quantitative estimate of drug-likeness (QED) is 0.863. The van der Waals surface area contributed by atoms with Crippen LogP contribution in [0.4, 0.5) is 5.82 Å². The van der Waals surface area contributed by atoms with Crippen molar-refractivity contribution in [3.8, 4) is 17.4 Å². The zero-order valence-electron chi connectivity index (χ0n) is 11.1. The molecule has 19 heavy (non-hydrogen) atoms. The maximum absolute atomic E-state index is 5.71. The highest BCUT2D eigenvalue weighted by atomic mass is 16.5. The molecule has 0 unspecified atom stereocenters. The van der Waals surface area contributed by atoms with E-state index in [2.05, 4.69) is 15.3 Å². The van der Waals surface area contributed by atoms with Crippen LogP contribution >= 0.6 is 0 Å². The second-order valence-corrected chi connectivity index (χ2v) is 3.75. The topological polar surface area (TPSA) is 56.3 Å². The van der Waals surface area contributed by atoms with Crippen LogP contribution in [0, 0.1) is 0 Å². The van der Waals surface area contributed by atoms with Gasteiger partial charge in [-0.15, -0.1) is 0 Å². The second-order valence-electron chi connectivity index (χ2n) is 3.75. The lowest BCUT2D eigenvalue weighted by atomic mass is 10.3. The number of rotatable bonds is 6. The van der Waals surface area contributed by atoms with Crippen molar-refractivity contribution in [2.75, 3.05) is 18.5 Å². The predicted octanol–water partition coefficient (Wildman–Crippen LogP) is 3.10. The average Bonchev–Trinajstić information content (AvgIpc) is 2.42. The van der Waals surface area contributed by atoms with Gasteiger partial charge in [0.15, 0.2) is 11.5 Å². The summed E-state index contributed by atoms with van der Waals surface area (Å²) >= 11 is 0. The fourth-order valence-corrected chi connectivity index (χ4v) is 1.59. The fraction of sp³-hybridized carbons (Fsp3) is 0.286. The van der Waals surface area contributed by atoms with E-state index in [-0.39, 0.29) is 0 Å². The number of nitrogens with one attached hydrogen (secondary N) is 1. The lowest BCUT2D eigenvalue weighted by Gasteiger charge is -2.11. The van der Waals surface area contributed by atoms with Crippen molar-refractivity contribution in [1.29, 1.82) is 0 Å². The summed E-state index contributed by atoms with van der Waals surface area (Å²) in [5.41, 5.74) is 0. The standard InChI is InChI=1S/C14H17N3O2/c1-3-16-13-9-15-10-14(17-13)19-12-8-6-5-7-11(12)18-4-2/h5-10H,3-4H2,1-2H3,(H,16,17). The number of nitrogens with zero attached hydrogens (tertiary/aromatic N) is 2. The van der Waals surface area contributed by atoms with Crippen LogP contribution in [-0.2, 0) is 0 Å². The number of hydrogen-bond donors (Lipinski definition) is 1. The van der Waals surface area contributed by atoms with Crippen LogP contribution in [-0.4, -0.2) is 23.1 Å². The van der Waals surface area contributed by atoms with E-state index >= 15 is 0 Å². The van der Waals surface area contributed by atoms with Gasteiger partial charge in [0.2, 0.25) is 5.88 Å². The van der Waals surface area contributed by atoms with Gasteiger partial charge in [-0.3, -0.25) is 4.98 Å². The molecule has 0 spiro atoms. The van der Waals surface area contributed by atoms with Crippen molar-refractivity contribution in [1.82, 2.24) is 9.97 Å². The van der Waals surface area contributed by atoms with Gasteiger partial charge in [0, 0.05) is 6.54 Å². The Kier molecular flexibility index (Phi) is 4.55. The number of aromatic nitrogens is 2. The number of anilines is 1. The second kappa shape index (κ2) is 6.58. The molecule has 0 atom stereocenters. The first-order valence-corrected chi connectivity index (χ1v) is 6.29. The van der Waals surface area contributed by atoms with Crippen LogP contribution in [0.25, 0.3) is 0 Å². The number of benzene rings is 1. The molecule has 1 aromatic carbocycles. The minimum Gasteiger partial charge on any atom is -0.490 e. The number of ether oxygens (including phenoxy) is 2. The van der Waals surface area contributed by atoms with Crippen molar-refractivity contribution in [2.45, 2.75) is 13.8 Å². The van der Waals surface area contributed by atoms with E-state index in [1.807, 2.05) is 38.1 Å². The summed E-state index contributed by atoms with van der Waals surface area (Å²) in [6.07, 6.45) is 3.23. The molecule has 0 saturated carbocycles. The summed E-state index contributed by atoms with van der Waals surface area (Å²) in [4.78, 5) is 8.39. The van der Waals surface area contributed by atoms with Gasteiger partial charge in [-0.2, -0.15) is 4.98 Å².